The van der Waals surface area contributed by atoms with Gasteiger partial charge >= 0.3 is 0 Å². The largest absolute Gasteiger partial charge is 0.457 e. The molecule has 100 valence electrons. The second-order valence-electron chi connectivity index (χ2n) is 4.44. The molecule has 2 rings (SSSR count). The zero-order valence-corrected chi connectivity index (χ0v) is 11.2. The molecule has 19 heavy (non-hydrogen) atoms. The summed E-state index contributed by atoms with van der Waals surface area (Å²) >= 11 is 0. The summed E-state index contributed by atoms with van der Waals surface area (Å²) in [6.07, 6.45) is 0. The average molecular weight is 259 g/mol. The van der Waals surface area contributed by atoms with Crippen LogP contribution in [0.15, 0.2) is 42.5 Å². The van der Waals surface area contributed by atoms with E-state index in [1.54, 1.807) is 6.07 Å². The van der Waals surface area contributed by atoms with Gasteiger partial charge in [0, 0.05) is 6.54 Å². The minimum atomic E-state index is -0.245. The van der Waals surface area contributed by atoms with Gasteiger partial charge in [-0.1, -0.05) is 19.1 Å². The summed E-state index contributed by atoms with van der Waals surface area (Å²) in [7, 11) is 0. The van der Waals surface area contributed by atoms with Crippen molar-refractivity contribution >= 4 is 0 Å². The molecule has 2 aromatic rings. The van der Waals surface area contributed by atoms with E-state index in [2.05, 4.69) is 12.2 Å². The van der Waals surface area contributed by atoms with Gasteiger partial charge in [-0.05, 0) is 54.9 Å². The van der Waals surface area contributed by atoms with E-state index < -0.39 is 0 Å². The first-order valence-corrected chi connectivity index (χ1v) is 6.42. The first-order chi connectivity index (χ1) is 9.19. The zero-order valence-electron chi connectivity index (χ0n) is 11.2. The van der Waals surface area contributed by atoms with E-state index >= 15 is 0 Å². The van der Waals surface area contributed by atoms with Crippen LogP contribution in [-0.4, -0.2) is 6.54 Å². The average Bonchev–Trinajstić information content (AvgIpc) is 2.40. The van der Waals surface area contributed by atoms with Gasteiger partial charge in [-0.25, -0.2) is 4.39 Å². The molecule has 0 aliphatic rings. The zero-order chi connectivity index (χ0) is 13.7. The minimum absolute atomic E-state index is 0.245. The molecule has 0 spiro atoms. The lowest BCUT2D eigenvalue weighted by Crippen LogP contribution is -2.11. The van der Waals surface area contributed by atoms with Gasteiger partial charge in [0.25, 0.3) is 0 Å². The molecule has 0 amide bonds. The molecule has 0 unspecified atom stereocenters. The first-order valence-electron chi connectivity index (χ1n) is 6.42. The first kappa shape index (κ1) is 13.6. The molecule has 0 aliphatic carbocycles. The maximum atomic E-state index is 13.0. The lowest BCUT2D eigenvalue weighted by Gasteiger charge is -2.10. The van der Waals surface area contributed by atoms with Gasteiger partial charge in [-0.2, -0.15) is 0 Å². The quantitative estimate of drug-likeness (QED) is 0.875. The van der Waals surface area contributed by atoms with Crippen LogP contribution in [-0.2, 0) is 6.54 Å². The number of aryl methyl sites for hydroxylation is 1. The molecule has 3 heteroatoms. The Bertz CT molecular complexity index is 554. The maximum Gasteiger partial charge on any atom is 0.130 e. The van der Waals surface area contributed by atoms with Crippen LogP contribution in [0.1, 0.15) is 18.1 Å². The third-order valence-electron chi connectivity index (χ3n) is 2.84. The second kappa shape index (κ2) is 6.34. The van der Waals surface area contributed by atoms with Crippen molar-refractivity contribution in [3.63, 3.8) is 0 Å². The van der Waals surface area contributed by atoms with Crippen molar-refractivity contribution in [2.24, 2.45) is 0 Å². The highest BCUT2D eigenvalue weighted by molar-refractivity contribution is 5.38. The van der Waals surface area contributed by atoms with Gasteiger partial charge in [0.2, 0.25) is 0 Å². The van der Waals surface area contributed by atoms with E-state index in [-0.39, 0.29) is 5.82 Å². The molecule has 0 fully saturated rings. The topological polar surface area (TPSA) is 21.3 Å². The molecule has 0 atom stereocenters. The second-order valence-corrected chi connectivity index (χ2v) is 4.44. The van der Waals surface area contributed by atoms with Gasteiger partial charge in [-0.3, -0.25) is 0 Å². The van der Waals surface area contributed by atoms with Crippen LogP contribution in [0.4, 0.5) is 4.39 Å². The lowest BCUT2D eigenvalue weighted by atomic mass is 10.2. The Morgan fingerprint density at radius 1 is 1.16 bits per heavy atom. The van der Waals surface area contributed by atoms with Crippen LogP contribution in [0.3, 0.4) is 0 Å². The van der Waals surface area contributed by atoms with Gasteiger partial charge in [0.05, 0.1) is 0 Å². The fraction of sp³-hybridized carbons (Fsp3) is 0.250. The van der Waals surface area contributed by atoms with Crippen LogP contribution in [0.25, 0.3) is 0 Å². The van der Waals surface area contributed by atoms with E-state index in [4.69, 9.17) is 4.74 Å². The standard InChI is InChI=1S/C16H18FNO/c1-3-18-11-13-5-4-6-15(10-13)19-16-8-7-14(17)9-12(16)2/h4-10,18H,3,11H2,1-2H3. The minimum Gasteiger partial charge on any atom is -0.457 e. The summed E-state index contributed by atoms with van der Waals surface area (Å²) in [5, 5.41) is 3.27. The van der Waals surface area contributed by atoms with E-state index in [1.165, 1.54) is 17.7 Å². The van der Waals surface area contributed by atoms with Gasteiger partial charge < -0.3 is 10.1 Å². The van der Waals surface area contributed by atoms with Crippen LogP contribution < -0.4 is 10.1 Å². The fourth-order valence-corrected chi connectivity index (χ4v) is 1.84. The van der Waals surface area contributed by atoms with E-state index in [9.17, 15) is 4.39 Å². The molecule has 0 radical (unpaired) electrons. The molecule has 1 N–H and O–H groups in total. The number of benzene rings is 2. The fourth-order valence-electron chi connectivity index (χ4n) is 1.84. The third-order valence-corrected chi connectivity index (χ3v) is 2.84. The number of hydrogen-bond donors (Lipinski definition) is 1. The van der Waals surface area contributed by atoms with Crippen molar-refractivity contribution in [1.82, 2.24) is 5.32 Å². The summed E-state index contributed by atoms with van der Waals surface area (Å²) in [6.45, 7) is 5.65. The van der Waals surface area contributed by atoms with Crippen molar-refractivity contribution in [3.8, 4) is 11.5 Å². The van der Waals surface area contributed by atoms with Crippen molar-refractivity contribution in [2.75, 3.05) is 6.54 Å². The van der Waals surface area contributed by atoms with Crippen molar-refractivity contribution < 1.29 is 9.13 Å². The molecular formula is C16H18FNO. The molecular weight excluding hydrogens is 241 g/mol. The maximum absolute atomic E-state index is 13.0. The van der Waals surface area contributed by atoms with E-state index in [0.29, 0.717) is 5.75 Å². The molecule has 0 heterocycles. The van der Waals surface area contributed by atoms with Crippen molar-refractivity contribution in [3.05, 3.63) is 59.4 Å². The molecule has 0 aromatic heterocycles. The Kier molecular flexibility index (Phi) is 4.53. The third kappa shape index (κ3) is 3.80. The number of ether oxygens (including phenoxy) is 1. The Morgan fingerprint density at radius 2 is 2.00 bits per heavy atom. The van der Waals surface area contributed by atoms with Gasteiger partial charge in [0.15, 0.2) is 0 Å². The van der Waals surface area contributed by atoms with Crippen LogP contribution >= 0.6 is 0 Å². The lowest BCUT2D eigenvalue weighted by molar-refractivity contribution is 0.475. The van der Waals surface area contributed by atoms with E-state index in [0.717, 1.165) is 24.4 Å². The number of halogens is 1. The monoisotopic (exact) mass is 259 g/mol. The van der Waals surface area contributed by atoms with E-state index in [1.807, 2.05) is 31.2 Å². The molecule has 2 aromatic carbocycles. The summed E-state index contributed by atoms with van der Waals surface area (Å²) in [5.74, 6) is 1.21. The SMILES string of the molecule is CCNCc1cccc(Oc2ccc(F)cc2C)c1. The van der Waals surface area contributed by atoms with Crippen LogP contribution in [0.2, 0.25) is 0 Å². The molecule has 0 bridgehead atoms. The smallest absolute Gasteiger partial charge is 0.130 e. The Hall–Kier alpha value is -1.87. The van der Waals surface area contributed by atoms with Crippen molar-refractivity contribution in [1.29, 1.82) is 0 Å². The number of hydrogen-bond acceptors (Lipinski definition) is 2. The van der Waals surface area contributed by atoms with Crippen LogP contribution in [0.5, 0.6) is 11.5 Å². The Balaban J connectivity index is 2.14. The molecule has 0 saturated carbocycles. The number of nitrogens with one attached hydrogen (secondary N) is 1. The highest BCUT2D eigenvalue weighted by Crippen LogP contribution is 2.26. The summed E-state index contributed by atoms with van der Waals surface area (Å²) in [5.41, 5.74) is 1.95. The predicted octanol–water partition coefficient (Wildman–Crippen LogP) is 4.04. The highest BCUT2D eigenvalue weighted by Gasteiger charge is 2.03. The molecule has 0 aliphatic heterocycles. The molecule has 2 nitrogen and oxygen atoms in total. The van der Waals surface area contributed by atoms with Crippen molar-refractivity contribution in [2.45, 2.75) is 20.4 Å². The summed E-state index contributed by atoms with van der Waals surface area (Å²) in [6, 6.07) is 12.4. The molecule has 0 saturated heterocycles. The Morgan fingerprint density at radius 3 is 2.74 bits per heavy atom. The summed E-state index contributed by atoms with van der Waals surface area (Å²) < 4.78 is 18.8. The normalized spacial score (nSPS) is 10.5. The van der Waals surface area contributed by atoms with Crippen LogP contribution in [0, 0.1) is 12.7 Å². The predicted molar refractivity (Wildman–Crippen MR) is 75.0 cm³/mol. The highest BCUT2D eigenvalue weighted by atomic mass is 19.1. The summed E-state index contributed by atoms with van der Waals surface area (Å²) in [4.78, 5) is 0. The number of rotatable bonds is 5. The van der Waals surface area contributed by atoms with Gasteiger partial charge in [0.1, 0.15) is 17.3 Å². The Labute approximate surface area is 113 Å². The van der Waals surface area contributed by atoms with Gasteiger partial charge in [-0.15, -0.1) is 0 Å².